The molecule has 1 amide bonds. The number of nitrogens with one attached hydrogen (secondary N) is 1. The van der Waals surface area contributed by atoms with Crippen LogP contribution in [0.4, 0.5) is 4.79 Å². The predicted molar refractivity (Wildman–Crippen MR) is 140 cm³/mol. The van der Waals surface area contributed by atoms with E-state index in [1.165, 1.54) is 11.1 Å². The van der Waals surface area contributed by atoms with Gasteiger partial charge in [-0.2, -0.15) is 0 Å². The third-order valence-corrected chi connectivity index (χ3v) is 8.24. The highest BCUT2D eigenvalue weighted by Crippen LogP contribution is 2.47. The maximum atomic E-state index is 13.0. The average molecular weight is 497 g/mol. The summed E-state index contributed by atoms with van der Waals surface area (Å²) < 4.78 is 11.8. The van der Waals surface area contributed by atoms with Crippen molar-refractivity contribution in [2.24, 2.45) is 11.3 Å². The lowest BCUT2D eigenvalue weighted by molar-refractivity contribution is -0.0348. The molecule has 35 heavy (non-hydrogen) atoms. The first-order valence-corrected chi connectivity index (χ1v) is 13.3. The van der Waals surface area contributed by atoms with Crippen molar-refractivity contribution in [3.05, 3.63) is 52.0 Å². The fourth-order valence-electron chi connectivity index (χ4n) is 6.15. The second kappa shape index (κ2) is 9.33. The van der Waals surface area contributed by atoms with Gasteiger partial charge in [-0.1, -0.05) is 43.6 Å². The van der Waals surface area contributed by atoms with E-state index < -0.39 is 0 Å². The van der Waals surface area contributed by atoms with Crippen molar-refractivity contribution in [3.8, 4) is 16.9 Å². The molecule has 2 atom stereocenters. The first kappa shape index (κ1) is 24.5. The molecule has 6 heteroatoms. The number of alkyl carbamates (subject to hydrolysis) is 1. The standard InChI is InChI=1S/C29H37ClN2O3/c1-17(2)34-25-7-6-20(14-24(25)30)22-13-21-15-29(4,5)27(23(21)12-18(22)3)31-28(33)35-26-16-32-10-8-19(26)9-11-32/h6-7,12-14,17,19,26-27H,8-11,15-16H2,1-5H3,(H,31,33)/t26-,27-/m0/s1. The molecule has 3 aliphatic heterocycles. The number of fused-ring (bicyclic) bond motifs is 4. The Bertz CT molecular complexity index is 1120. The summed E-state index contributed by atoms with van der Waals surface area (Å²) in [5.74, 6) is 1.21. The van der Waals surface area contributed by atoms with E-state index >= 15 is 0 Å². The number of halogens is 1. The minimum absolute atomic E-state index is 0.0120. The molecule has 188 valence electrons. The molecule has 0 unspecified atom stereocenters. The molecular formula is C29H37ClN2O3. The van der Waals surface area contributed by atoms with E-state index in [0.29, 0.717) is 16.7 Å². The van der Waals surface area contributed by atoms with E-state index in [4.69, 9.17) is 21.1 Å². The molecule has 2 aromatic rings. The Morgan fingerprint density at radius 2 is 1.91 bits per heavy atom. The minimum Gasteiger partial charge on any atom is -0.489 e. The number of amides is 1. The summed E-state index contributed by atoms with van der Waals surface area (Å²) in [4.78, 5) is 15.4. The molecule has 3 saturated heterocycles. The van der Waals surface area contributed by atoms with Gasteiger partial charge in [0.05, 0.1) is 17.2 Å². The van der Waals surface area contributed by atoms with Gasteiger partial charge in [-0.15, -0.1) is 0 Å². The molecule has 0 spiro atoms. The van der Waals surface area contributed by atoms with Crippen LogP contribution in [0.5, 0.6) is 5.75 Å². The van der Waals surface area contributed by atoms with Crippen molar-refractivity contribution >= 4 is 17.7 Å². The molecular weight excluding hydrogens is 460 g/mol. The SMILES string of the molecule is Cc1cc2c(cc1-c1ccc(OC(C)C)c(Cl)c1)CC(C)(C)[C@H]2NC(=O)O[C@H]1CN2CCC1CC2. The number of nitrogens with zero attached hydrogens (tertiary/aromatic N) is 1. The number of piperidine rings is 3. The Morgan fingerprint density at radius 1 is 1.17 bits per heavy atom. The van der Waals surface area contributed by atoms with E-state index in [9.17, 15) is 4.79 Å². The molecule has 3 fully saturated rings. The number of rotatable bonds is 5. The molecule has 0 radical (unpaired) electrons. The van der Waals surface area contributed by atoms with Gasteiger partial charge < -0.3 is 14.8 Å². The quantitative estimate of drug-likeness (QED) is 0.510. The number of hydrogen-bond donors (Lipinski definition) is 1. The molecule has 4 aliphatic rings. The van der Waals surface area contributed by atoms with Gasteiger partial charge in [-0.05, 0) is 104 Å². The summed E-state index contributed by atoms with van der Waals surface area (Å²) in [6.45, 7) is 13.7. The fourth-order valence-corrected chi connectivity index (χ4v) is 6.37. The zero-order valence-corrected chi connectivity index (χ0v) is 22.2. The van der Waals surface area contributed by atoms with Crippen LogP contribution < -0.4 is 10.1 Å². The van der Waals surface area contributed by atoms with Gasteiger partial charge in [0.25, 0.3) is 0 Å². The maximum Gasteiger partial charge on any atom is 0.407 e. The third kappa shape index (κ3) is 4.90. The Labute approximate surface area is 214 Å². The number of aryl methyl sites for hydroxylation is 1. The fraction of sp³-hybridized carbons (Fsp3) is 0.552. The van der Waals surface area contributed by atoms with E-state index in [1.54, 1.807) is 0 Å². The minimum atomic E-state index is -0.288. The largest absolute Gasteiger partial charge is 0.489 e. The summed E-state index contributed by atoms with van der Waals surface area (Å²) in [5, 5.41) is 3.85. The molecule has 0 saturated carbocycles. The molecule has 5 nitrogen and oxygen atoms in total. The molecule has 6 rings (SSSR count). The highest BCUT2D eigenvalue weighted by molar-refractivity contribution is 6.32. The van der Waals surface area contributed by atoms with Gasteiger partial charge in [-0.25, -0.2) is 4.79 Å². The third-order valence-electron chi connectivity index (χ3n) is 7.95. The van der Waals surface area contributed by atoms with Crippen molar-refractivity contribution in [2.45, 2.75) is 72.1 Å². The van der Waals surface area contributed by atoms with Crippen LogP contribution >= 0.6 is 11.6 Å². The van der Waals surface area contributed by atoms with Gasteiger partial charge in [-0.3, -0.25) is 4.90 Å². The van der Waals surface area contributed by atoms with Crippen LogP contribution in [-0.4, -0.2) is 42.8 Å². The Morgan fingerprint density at radius 3 is 2.54 bits per heavy atom. The number of carbonyl (C=O) groups is 1. The first-order chi connectivity index (χ1) is 16.6. The van der Waals surface area contributed by atoms with E-state index in [1.807, 2.05) is 26.0 Å². The summed E-state index contributed by atoms with van der Waals surface area (Å²) in [6, 6.07) is 10.4. The lowest BCUT2D eigenvalue weighted by Crippen LogP contribution is -2.53. The van der Waals surface area contributed by atoms with E-state index in [2.05, 4.69) is 49.2 Å². The molecule has 2 aromatic carbocycles. The Kier molecular flexibility index (Phi) is 6.52. The maximum absolute atomic E-state index is 13.0. The Hall–Kier alpha value is -2.24. The highest BCUT2D eigenvalue weighted by atomic mass is 35.5. The topological polar surface area (TPSA) is 50.8 Å². The molecule has 2 bridgehead atoms. The van der Waals surface area contributed by atoms with Gasteiger partial charge >= 0.3 is 6.09 Å². The summed E-state index contributed by atoms with van der Waals surface area (Å²) in [5.41, 5.74) is 5.74. The lowest BCUT2D eigenvalue weighted by Gasteiger charge is -2.44. The normalized spacial score (nSPS) is 26.5. The van der Waals surface area contributed by atoms with Gasteiger partial charge in [0.15, 0.2) is 0 Å². The summed E-state index contributed by atoms with van der Waals surface area (Å²) in [6.07, 6.45) is 2.95. The summed E-state index contributed by atoms with van der Waals surface area (Å²) in [7, 11) is 0. The number of benzene rings is 2. The zero-order valence-electron chi connectivity index (χ0n) is 21.5. The van der Waals surface area contributed by atoms with E-state index in [0.717, 1.165) is 55.6 Å². The number of ether oxygens (including phenoxy) is 2. The number of carbonyl (C=O) groups excluding carboxylic acids is 1. The van der Waals surface area contributed by atoms with Gasteiger partial charge in [0, 0.05) is 6.54 Å². The van der Waals surface area contributed by atoms with Crippen LogP contribution in [0.15, 0.2) is 30.3 Å². The highest BCUT2D eigenvalue weighted by Gasteiger charge is 2.42. The second-order valence-electron chi connectivity index (χ2n) is 11.5. The van der Waals surface area contributed by atoms with Crippen LogP contribution in [0.1, 0.15) is 63.3 Å². The molecule has 1 aliphatic carbocycles. The summed E-state index contributed by atoms with van der Waals surface area (Å²) >= 11 is 6.53. The van der Waals surface area contributed by atoms with Crippen LogP contribution in [0.25, 0.3) is 11.1 Å². The molecule has 0 aromatic heterocycles. The number of hydrogen-bond acceptors (Lipinski definition) is 4. The molecule has 1 N–H and O–H groups in total. The van der Waals surface area contributed by atoms with Crippen molar-refractivity contribution in [3.63, 3.8) is 0 Å². The predicted octanol–water partition coefficient (Wildman–Crippen LogP) is 6.55. The monoisotopic (exact) mass is 496 g/mol. The van der Waals surface area contributed by atoms with Crippen LogP contribution in [0.3, 0.4) is 0 Å². The van der Waals surface area contributed by atoms with Crippen molar-refractivity contribution < 1.29 is 14.3 Å². The van der Waals surface area contributed by atoms with Gasteiger partial charge in [0.2, 0.25) is 0 Å². The smallest absolute Gasteiger partial charge is 0.407 e. The first-order valence-electron chi connectivity index (χ1n) is 12.9. The van der Waals surface area contributed by atoms with Gasteiger partial charge in [0.1, 0.15) is 11.9 Å². The average Bonchev–Trinajstić information content (AvgIpc) is 3.04. The zero-order chi connectivity index (χ0) is 24.9. The van der Waals surface area contributed by atoms with Crippen molar-refractivity contribution in [2.75, 3.05) is 19.6 Å². The second-order valence-corrected chi connectivity index (χ2v) is 11.9. The van der Waals surface area contributed by atoms with Crippen LogP contribution in [0, 0.1) is 18.3 Å². The van der Waals surface area contributed by atoms with Crippen molar-refractivity contribution in [1.82, 2.24) is 10.2 Å². The van der Waals surface area contributed by atoms with Crippen LogP contribution in [0.2, 0.25) is 5.02 Å². The van der Waals surface area contributed by atoms with E-state index in [-0.39, 0.29) is 29.8 Å². The van der Waals surface area contributed by atoms with Crippen LogP contribution in [-0.2, 0) is 11.2 Å². The molecule has 3 heterocycles. The Balaban J connectivity index is 1.36. The van der Waals surface area contributed by atoms with Crippen molar-refractivity contribution in [1.29, 1.82) is 0 Å². The lowest BCUT2D eigenvalue weighted by atomic mass is 9.85.